The molecule has 0 atom stereocenters. The highest BCUT2D eigenvalue weighted by molar-refractivity contribution is 7.09. The zero-order valence-electron chi connectivity index (χ0n) is 10.7. The van der Waals surface area contributed by atoms with Crippen LogP contribution in [0.2, 0.25) is 10.0 Å². The average Bonchev–Trinajstić information content (AvgIpc) is 2.92. The Labute approximate surface area is 130 Å². The van der Waals surface area contributed by atoms with Gasteiger partial charge in [0.2, 0.25) is 5.95 Å². The molecule has 3 aromatic rings. The van der Waals surface area contributed by atoms with Crippen molar-refractivity contribution in [2.24, 2.45) is 0 Å². The molecule has 4 nitrogen and oxygen atoms in total. The van der Waals surface area contributed by atoms with E-state index in [2.05, 4.69) is 9.97 Å². The summed E-state index contributed by atoms with van der Waals surface area (Å²) in [5.41, 5.74) is 8.67. The number of rotatable bonds is 3. The summed E-state index contributed by atoms with van der Waals surface area (Å²) < 4.78 is 1.94. The number of aryl methyl sites for hydroxylation is 3. The molecule has 0 radical (unpaired) electrons. The minimum atomic E-state index is 0.464. The first kappa shape index (κ1) is 13.7. The summed E-state index contributed by atoms with van der Waals surface area (Å²) >= 11 is 13.7. The second kappa shape index (κ2) is 5.24. The fourth-order valence-corrected chi connectivity index (χ4v) is 3.18. The van der Waals surface area contributed by atoms with Crippen molar-refractivity contribution in [1.82, 2.24) is 14.5 Å². The van der Waals surface area contributed by atoms with Crippen LogP contribution in [0.5, 0.6) is 0 Å². The van der Waals surface area contributed by atoms with Gasteiger partial charge in [0.15, 0.2) is 0 Å². The van der Waals surface area contributed by atoms with E-state index in [9.17, 15) is 0 Å². The van der Waals surface area contributed by atoms with Gasteiger partial charge in [-0.2, -0.15) is 0 Å². The van der Waals surface area contributed by atoms with Crippen molar-refractivity contribution in [3.63, 3.8) is 0 Å². The second-order valence-corrected chi connectivity index (χ2v) is 6.27. The first-order chi connectivity index (χ1) is 9.54. The van der Waals surface area contributed by atoms with Crippen LogP contribution in [0.25, 0.3) is 11.0 Å². The molecule has 0 saturated heterocycles. The van der Waals surface area contributed by atoms with Crippen LogP contribution < -0.4 is 5.73 Å². The van der Waals surface area contributed by atoms with Crippen LogP contribution in [-0.4, -0.2) is 14.5 Å². The monoisotopic (exact) mass is 326 g/mol. The van der Waals surface area contributed by atoms with Crippen LogP contribution in [-0.2, 0) is 13.0 Å². The van der Waals surface area contributed by atoms with Crippen molar-refractivity contribution >= 4 is 51.5 Å². The van der Waals surface area contributed by atoms with Gasteiger partial charge in [0.1, 0.15) is 0 Å². The predicted molar refractivity (Wildman–Crippen MR) is 84.7 cm³/mol. The van der Waals surface area contributed by atoms with E-state index in [4.69, 9.17) is 28.9 Å². The molecule has 0 spiro atoms. The lowest BCUT2D eigenvalue weighted by Gasteiger charge is -2.05. The Bertz CT molecular complexity index is 778. The number of fused-ring (bicyclic) bond motifs is 1. The molecule has 0 unspecified atom stereocenters. The molecule has 0 aliphatic rings. The predicted octanol–water partition coefficient (Wildman–Crippen LogP) is 3.93. The number of hydrogen-bond acceptors (Lipinski definition) is 4. The van der Waals surface area contributed by atoms with E-state index in [-0.39, 0.29) is 0 Å². The van der Waals surface area contributed by atoms with Crippen LogP contribution in [0.15, 0.2) is 17.5 Å². The molecule has 20 heavy (non-hydrogen) atoms. The molecule has 0 amide bonds. The van der Waals surface area contributed by atoms with Crippen molar-refractivity contribution in [2.75, 3.05) is 5.73 Å². The molecule has 104 valence electrons. The number of anilines is 1. The molecule has 0 saturated carbocycles. The van der Waals surface area contributed by atoms with E-state index >= 15 is 0 Å². The number of nitrogens with two attached hydrogens (primary N) is 1. The highest BCUT2D eigenvalue weighted by Gasteiger charge is 2.11. The lowest BCUT2D eigenvalue weighted by molar-refractivity contribution is 0.721. The Kier molecular flexibility index (Phi) is 3.58. The van der Waals surface area contributed by atoms with Gasteiger partial charge in [-0.3, -0.25) is 0 Å². The highest BCUT2D eigenvalue weighted by Crippen LogP contribution is 2.29. The molecule has 7 heteroatoms. The summed E-state index contributed by atoms with van der Waals surface area (Å²) in [6.45, 7) is 2.70. The van der Waals surface area contributed by atoms with E-state index in [1.807, 2.05) is 16.9 Å². The second-order valence-electron chi connectivity index (χ2n) is 4.51. The van der Waals surface area contributed by atoms with Gasteiger partial charge in [0.25, 0.3) is 0 Å². The zero-order chi connectivity index (χ0) is 14.3. The Hall–Kier alpha value is -1.30. The third kappa shape index (κ3) is 2.49. The van der Waals surface area contributed by atoms with Gasteiger partial charge < -0.3 is 10.3 Å². The Morgan fingerprint density at radius 2 is 2.00 bits per heavy atom. The van der Waals surface area contributed by atoms with Crippen molar-refractivity contribution in [2.45, 2.75) is 19.9 Å². The molecule has 2 aromatic heterocycles. The fraction of sp³-hybridized carbons (Fsp3) is 0.231. The smallest absolute Gasteiger partial charge is 0.201 e. The van der Waals surface area contributed by atoms with Crippen molar-refractivity contribution in [1.29, 1.82) is 0 Å². The summed E-state index contributed by atoms with van der Waals surface area (Å²) in [6.07, 6.45) is 0.814. The van der Waals surface area contributed by atoms with Crippen LogP contribution in [0, 0.1) is 6.92 Å². The standard InChI is InChI=1S/C13H12Cl2N4S/c1-7-6-20-12(17-7)2-3-19-11-5-9(15)8(14)4-10(11)18-13(19)16/h4-6H,2-3H2,1H3,(H2,16,18). The summed E-state index contributed by atoms with van der Waals surface area (Å²) in [7, 11) is 0. The molecular weight excluding hydrogens is 315 g/mol. The topological polar surface area (TPSA) is 56.7 Å². The van der Waals surface area contributed by atoms with E-state index in [1.165, 1.54) is 0 Å². The van der Waals surface area contributed by atoms with Gasteiger partial charge in [-0.05, 0) is 19.1 Å². The third-order valence-corrected chi connectivity index (χ3v) is 4.78. The maximum Gasteiger partial charge on any atom is 0.201 e. The number of hydrogen-bond donors (Lipinski definition) is 1. The summed E-state index contributed by atoms with van der Waals surface area (Å²) in [5, 5.41) is 4.12. The lowest BCUT2D eigenvalue weighted by atomic mass is 10.3. The Balaban J connectivity index is 1.94. The third-order valence-electron chi connectivity index (χ3n) is 3.04. The molecule has 2 N–H and O–H groups in total. The highest BCUT2D eigenvalue weighted by atomic mass is 35.5. The van der Waals surface area contributed by atoms with Gasteiger partial charge in [0, 0.05) is 24.0 Å². The van der Waals surface area contributed by atoms with Crippen molar-refractivity contribution < 1.29 is 0 Å². The first-order valence-corrected chi connectivity index (χ1v) is 7.70. The Morgan fingerprint density at radius 1 is 1.25 bits per heavy atom. The van der Waals surface area contributed by atoms with E-state index in [0.29, 0.717) is 22.5 Å². The molecule has 0 bridgehead atoms. The van der Waals surface area contributed by atoms with Gasteiger partial charge in [-0.15, -0.1) is 11.3 Å². The van der Waals surface area contributed by atoms with Crippen LogP contribution in [0.3, 0.4) is 0 Å². The van der Waals surface area contributed by atoms with Crippen LogP contribution >= 0.6 is 34.5 Å². The average molecular weight is 327 g/mol. The van der Waals surface area contributed by atoms with Gasteiger partial charge in [-0.25, -0.2) is 9.97 Å². The van der Waals surface area contributed by atoms with E-state index < -0.39 is 0 Å². The van der Waals surface area contributed by atoms with E-state index in [1.54, 1.807) is 23.5 Å². The summed E-state index contributed by atoms with van der Waals surface area (Å²) in [6, 6.07) is 3.54. The van der Waals surface area contributed by atoms with Gasteiger partial charge in [-0.1, -0.05) is 23.2 Å². The van der Waals surface area contributed by atoms with Crippen molar-refractivity contribution in [3.8, 4) is 0 Å². The number of aromatic nitrogens is 3. The normalized spacial score (nSPS) is 11.3. The number of nitrogen functional groups attached to an aromatic ring is 1. The molecule has 0 aliphatic carbocycles. The minimum absolute atomic E-state index is 0.464. The molecular formula is C13H12Cl2N4S. The van der Waals surface area contributed by atoms with E-state index in [0.717, 1.165) is 28.2 Å². The lowest BCUT2D eigenvalue weighted by Crippen LogP contribution is -2.05. The Morgan fingerprint density at radius 3 is 2.70 bits per heavy atom. The quantitative estimate of drug-likeness (QED) is 0.793. The largest absolute Gasteiger partial charge is 0.369 e. The summed E-state index contributed by atoms with van der Waals surface area (Å²) in [4.78, 5) is 8.76. The SMILES string of the molecule is Cc1csc(CCn2c(N)nc3cc(Cl)c(Cl)cc32)n1. The molecule has 3 rings (SSSR count). The van der Waals surface area contributed by atoms with Gasteiger partial charge >= 0.3 is 0 Å². The maximum absolute atomic E-state index is 6.07. The van der Waals surface area contributed by atoms with Gasteiger partial charge in [0.05, 0.1) is 26.1 Å². The number of nitrogens with zero attached hydrogens (tertiary/aromatic N) is 3. The number of thiazole rings is 1. The van der Waals surface area contributed by atoms with Crippen molar-refractivity contribution in [3.05, 3.63) is 38.3 Å². The first-order valence-electron chi connectivity index (χ1n) is 6.06. The number of imidazole rings is 1. The fourth-order valence-electron chi connectivity index (χ4n) is 2.10. The zero-order valence-corrected chi connectivity index (χ0v) is 13.1. The number of halogens is 2. The molecule has 2 heterocycles. The number of benzene rings is 1. The summed E-state index contributed by atoms with van der Waals surface area (Å²) in [5.74, 6) is 0.464. The molecule has 0 aliphatic heterocycles. The molecule has 0 fully saturated rings. The minimum Gasteiger partial charge on any atom is -0.369 e. The maximum atomic E-state index is 6.07. The van der Waals surface area contributed by atoms with Crippen LogP contribution in [0.4, 0.5) is 5.95 Å². The molecule has 1 aromatic carbocycles. The van der Waals surface area contributed by atoms with Crippen LogP contribution in [0.1, 0.15) is 10.7 Å².